The summed E-state index contributed by atoms with van der Waals surface area (Å²) in [5.41, 5.74) is 0. The Hall–Kier alpha value is -0.760. The standard InChI is InChI=1S/C13H21NO/c1-10-5-3-4-6-13(10)14-9-12-8-7-11(2)15-12/h7-8,10,13-14H,3-6,9H2,1-2H3/t10-,13-/m0/s1. The number of furan rings is 1. The van der Waals surface area contributed by atoms with Crippen LogP contribution in [0.5, 0.6) is 0 Å². The van der Waals surface area contributed by atoms with E-state index in [0.717, 1.165) is 24.0 Å². The Morgan fingerprint density at radius 2 is 2.13 bits per heavy atom. The third-order valence-corrected chi connectivity index (χ3v) is 3.45. The maximum Gasteiger partial charge on any atom is 0.117 e. The van der Waals surface area contributed by atoms with Gasteiger partial charge in [0.1, 0.15) is 11.5 Å². The van der Waals surface area contributed by atoms with Crippen LogP contribution in [0.4, 0.5) is 0 Å². The summed E-state index contributed by atoms with van der Waals surface area (Å²) in [5, 5.41) is 3.61. The smallest absolute Gasteiger partial charge is 0.117 e. The van der Waals surface area contributed by atoms with E-state index in [0.29, 0.717) is 6.04 Å². The first-order valence-corrected chi connectivity index (χ1v) is 6.04. The number of hydrogen-bond acceptors (Lipinski definition) is 2. The lowest BCUT2D eigenvalue weighted by Gasteiger charge is -2.29. The zero-order valence-electron chi connectivity index (χ0n) is 9.75. The van der Waals surface area contributed by atoms with Crippen LogP contribution >= 0.6 is 0 Å². The summed E-state index contributed by atoms with van der Waals surface area (Å²) in [4.78, 5) is 0. The van der Waals surface area contributed by atoms with Gasteiger partial charge in [0, 0.05) is 6.04 Å². The number of aryl methyl sites for hydroxylation is 1. The second-order valence-corrected chi connectivity index (χ2v) is 4.76. The molecular weight excluding hydrogens is 186 g/mol. The van der Waals surface area contributed by atoms with Crippen molar-refractivity contribution in [2.24, 2.45) is 5.92 Å². The van der Waals surface area contributed by atoms with Crippen LogP contribution in [0.2, 0.25) is 0 Å². The van der Waals surface area contributed by atoms with Crippen molar-refractivity contribution in [1.29, 1.82) is 0 Å². The molecule has 2 nitrogen and oxygen atoms in total. The van der Waals surface area contributed by atoms with Crippen LogP contribution in [0, 0.1) is 12.8 Å². The zero-order valence-corrected chi connectivity index (χ0v) is 9.75. The SMILES string of the molecule is Cc1ccc(CN[C@H]2CCCC[C@@H]2C)o1. The highest BCUT2D eigenvalue weighted by Gasteiger charge is 2.20. The second-order valence-electron chi connectivity index (χ2n) is 4.76. The van der Waals surface area contributed by atoms with Crippen LogP contribution in [0.3, 0.4) is 0 Å². The van der Waals surface area contributed by atoms with Gasteiger partial charge in [-0.3, -0.25) is 0 Å². The average molecular weight is 207 g/mol. The molecule has 0 aliphatic heterocycles. The Morgan fingerprint density at radius 3 is 2.80 bits per heavy atom. The number of hydrogen-bond donors (Lipinski definition) is 1. The fraction of sp³-hybridized carbons (Fsp3) is 0.692. The molecule has 84 valence electrons. The number of rotatable bonds is 3. The van der Waals surface area contributed by atoms with Crippen LogP contribution in [0.15, 0.2) is 16.5 Å². The lowest BCUT2D eigenvalue weighted by Crippen LogP contribution is -2.36. The van der Waals surface area contributed by atoms with E-state index in [9.17, 15) is 0 Å². The summed E-state index contributed by atoms with van der Waals surface area (Å²) < 4.78 is 5.55. The van der Waals surface area contributed by atoms with Crippen LogP contribution < -0.4 is 5.32 Å². The van der Waals surface area contributed by atoms with Crippen LogP contribution in [-0.4, -0.2) is 6.04 Å². The van der Waals surface area contributed by atoms with Crippen molar-refractivity contribution in [3.63, 3.8) is 0 Å². The van der Waals surface area contributed by atoms with Gasteiger partial charge in [-0.25, -0.2) is 0 Å². The van der Waals surface area contributed by atoms with Crippen LogP contribution in [0.1, 0.15) is 44.1 Å². The summed E-state index contributed by atoms with van der Waals surface area (Å²) in [6.07, 6.45) is 5.47. The molecule has 1 N–H and O–H groups in total. The fourth-order valence-electron chi connectivity index (χ4n) is 2.43. The van der Waals surface area contributed by atoms with Gasteiger partial charge in [-0.05, 0) is 37.8 Å². The highest BCUT2D eigenvalue weighted by atomic mass is 16.3. The largest absolute Gasteiger partial charge is 0.465 e. The minimum Gasteiger partial charge on any atom is -0.465 e. The molecule has 15 heavy (non-hydrogen) atoms. The van der Waals surface area contributed by atoms with Gasteiger partial charge < -0.3 is 9.73 Å². The van der Waals surface area contributed by atoms with Gasteiger partial charge in [-0.1, -0.05) is 19.8 Å². The molecule has 2 heteroatoms. The number of nitrogens with one attached hydrogen (secondary N) is 1. The molecule has 0 saturated heterocycles. The fourth-order valence-corrected chi connectivity index (χ4v) is 2.43. The molecule has 1 saturated carbocycles. The lowest BCUT2D eigenvalue weighted by molar-refractivity contribution is 0.272. The summed E-state index contributed by atoms with van der Waals surface area (Å²) in [7, 11) is 0. The molecule has 1 aliphatic carbocycles. The van der Waals surface area contributed by atoms with E-state index in [4.69, 9.17) is 4.42 Å². The summed E-state index contributed by atoms with van der Waals surface area (Å²) >= 11 is 0. The van der Waals surface area contributed by atoms with E-state index >= 15 is 0 Å². The lowest BCUT2D eigenvalue weighted by atomic mass is 9.86. The third-order valence-electron chi connectivity index (χ3n) is 3.45. The molecule has 1 fully saturated rings. The second kappa shape index (κ2) is 4.84. The van der Waals surface area contributed by atoms with Crippen molar-refractivity contribution in [2.75, 3.05) is 0 Å². The molecule has 1 aromatic heterocycles. The van der Waals surface area contributed by atoms with Gasteiger partial charge >= 0.3 is 0 Å². The molecule has 0 radical (unpaired) electrons. The van der Waals surface area contributed by atoms with E-state index in [2.05, 4.69) is 18.3 Å². The van der Waals surface area contributed by atoms with Crippen molar-refractivity contribution in [3.8, 4) is 0 Å². The van der Waals surface area contributed by atoms with Crippen molar-refractivity contribution in [3.05, 3.63) is 23.7 Å². The maximum absolute atomic E-state index is 5.55. The first kappa shape index (κ1) is 10.7. The summed E-state index contributed by atoms with van der Waals surface area (Å²) in [6, 6.07) is 4.78. The van der Waals surface area contributed by atoms with E-state index < -0.39 is 0 Å². The Labute approximate surface area is 92.1 Å². The summed E-state index contributed by atoms with van der Waals surface area (Å²) in [6.45, 7) is 5.22. The van der Waals surface area contributed by atoms with Crippen molar-refractivity contribution >= 4 is 0 Å². The van der Waals surface area contributed by atoms with E-state index in [1.54, 1.807) is 0 Å². The molecule has 0 aromatic carbocycles. The van der Waals surface area contributed by atoms with E-state index in [1.807, 2.05) is 13.0 Å². The molecule has 1 aromatic rings. The van der Waals surface area contributed by atoms with E-state index in [-0.39, 0.29) is 0 Å². The maximum atomic E-state index is 5.55. The molecule has 2 rings (SSSR count). The third kappa shape index (κ3) is 2.85. The predicted molar refractivity (Wildman–Crippen MR) is 61.7 cm³/mol. The molecular formula is C13H21NO. The first-order valence-electron chi connectivity index (χ1n) is 6.04. The topological polar surface area (TPSA) is 25.2 Å². The Kier molecular flexibility index (Phi) is 3.47. The van der Waals surface area contributed by atoms with Crippen LogP contribution in [0.25, 0.3) is 0 Å². The van der Waals surface area contributed by atoms with Gasteiger partial charge in [0.2, 0.25) is 0 Å². The highest BCUT2D eigenvalue weighted by Crippen LogP contribution is 2.24. The van der Waals surface area contributed by atoms with Gasteiger partial charge in [-0.2, -0.15) is 0 Å². The molecule has 2 atom stereocenters. The average Bonchev–Trinajstić information content (AvgIpc) is 2.63. The zero-order chi connectivity index (χ0) is 10.7. The van der Waals surface area contributed by atoms with Crippen molar-refractivity contribution < 1.29 is 4.42 Å². The quantitative estimate of drug-likeness (QED) is 0.823. The van der Waals surface area contributed by atoms with Gasteiger partial charge in [-0.15, -0.1) is 0 Å². The van der Waals surface area contributed by atoms with Gasteiger partial charge in [0.15, 0.2) is 0 Å². The molecule has 0 unspecified atom stereocenters. The molecule has 1 heterocycles. The van der Waals surface area contributed by atoms with Crippen molar-refractivity contribution in [2.45, 2.75) is 52.1 Å². The molecule has 0 bridgehead atoms. The minimum absolute atomic E-state index is 0.684. The molecule has 0 amide bonds. The first-order chi connectivity index (χ1) is 7.25. The predicted octanol–water partition coefficient (Wildman–Crippen LogP) is 3.26. The Bertz CT molecular complexity index is 305. The highest BCUT2D eigenvalue weighted by molar-refractivity contribution is 5.05. The monoisotopic (exact) mass is 207 g/mol. The normalized spacial score (nSPS) is 26.8. The Morgan fingerprint density at radius 1 is 1.33 bits per heavy atom. The minimum atomic E-state index is 0.684. The van der Waals surface area contributed by atoms with Crippen molar-refractivity contribution in [1.82, 2.24) is 5.32 Å². The van der Waals surface area contributed by atoms with Gasteiger partial charge in [0.05, 0.1) is 6.54 Å². The van der Waals surface area contributed by atoms with Gasteiger partial charge in [0.25, 0.3) is 0 Å². The Balaban J connectivity index is 1.81. The van der Waals surface area contributed by atoms with E-state index in [1.165, 1.54) is 25.7 Å². The molecule has 0 spiro atoms. The molecule has 1 aliphatic rings. The van der Waals surface area contributed by atoms with Crippen LogP contribution in [-0.2, 0) is 6.54 Å². The summed E-state index contributed by atoms with van der Waals surface area (Å²) in [5.74, 6) is 2.88.